The Morgan fingerprint density at radius 1 is 1.06 bits per heavy atom. The number of urea groups is 1. The quantitative estimate of drug-likeness (QED) is 0.690. The molecule has 2 aliphatic rings. The SMILES string of the molecule is O=C(Nc1ccc2c(c1)C(=O)N1CCCCC1CCO2)Nc1ccccc1C(F)(F)F. The van der Waals surface area contributed by atoms with E-state index in [0.717, 1.165) is 31.7 Å². The number of nitrogens with one attached hydrogen (secondary N) is 2. The molecule has 9 heteroatoms. The number of carbonyl (C=O) groups excluding carboxylic acids is 2. The molecule has 2 heterocycles. The molecule has 1 fully saturated rings. The third kappa shape index (κ3) is 4.60. The van der Waals surface area contributed by atoms with Crippen LogP contribution in [-0.2, 0) is 6.18 Å². The number of carbonyl (C=O) groups is 2. The summed E-state index contributed by atoms with van der Waals surface area (Å²) < 4.78 is 45.2. The van der Waals surface area contributed by atoms with E-state index in [9.17, 15) is 22.8 Å². The number of hydrogen-bond donors (Lipinski definition) is 2. The lowest BCUT2D eigenvalue weighted by Crippen LogP contribution is -2.45. The van der Waals surface area contributed by atoms with Crippen molar-refractivity contribution >= 4 is 23.3 Å². The van der Waals surface area contributed by atoms with E-state index in [1.807, 2.05) is 4.90 Å². The zero-order chi connectivity index (χ0) is 22.0. The van der Waals surface area contributed by atoms with Gasteiger partial charge in [-0.15, -0.1) is 0 Å². The summed E-state index contributed by atoms with van der Waals surface area (Å²) in [6.45, 7) is 1.16. The summed E-state index contributed by atoms with van der Waals surface area (Å²) in [4.78, 5) is 27.3. The van der Waals surface area contributed by atoms with Crippen LogP contribution in [0.15, 0.2) is 42.5 Å². The van der Waals surface area contributed by atoms with Crippen molar-refractivity contribution in [1.29, 1.82) is 0 Å². The lowest BCUT2D eigenvalue weighted by molar-refractivity contribution is -0.136. The minimum absolute atomic E-state index is 0.133. The molecule has 164 valence electrons. The second-order valence-electron chi connectivity index (χ2n) is 7.62. The monoisotopic (exact) mass is 433 g/mol. The first kappa shape index (κ1) is 21.0. The highest BCUT2D eigenvalue weighted by atomic mass is 19.4. The number of hydrogen-bond acceptors (Lipinski definition) is 3. The molecular formula is C22H22F3N3O3. The van der Waals surface area contributed by atoms with Crippen LogP contribution < -0.4 is 15.4 Å². The Bertz CT molecular complexity index is 993. The Hall–Kier alpha value is -3.23. The Kier molecular flexibility index (Phi) is 5.75. The van der Waals surface area contributed by atoms with Crippen LogP contribution in [0.25, 0.3) is 0 Å². The molecule has 2 aromatic carbocycles. The third-order valence-corrected chi connectivity index (χ3v) is 5.55. The van der Waals surface area contributed by atoms with Gasteiger partial charge in [-0.25, -0.2) is 4.79 Å². The van der Waals surface area contributed by atoms with Crippen molar-refractivity contribution in [3.63, 3.8) is 0 Å². The van der Waals surface area contributed by atoms with Gasteiger partial charge >= 0.3 is 12.2 Å². The normalized spacial score (nSPS) is 18.7. The summed E-state index contributed by atoms with van der Waals surface area (Å²) in [6, 6.07) is 8.67. The van der Waals surface area contributed by atoms with Gasteiger partial charge in [0.05, 0.1) is 23.4 Å². The Balaban J connectivity index is 1.53. The molecule has 0 aliphatic carbocycles. The molecule has 1 saturated heterocycles. The highest BCUT2D eigenvalue weighted by Crippen LogP contribution is 2.35. The van der Waals surface area contributed by atoms with E-state index in [1.165, 1.54) is 24.3 Å². The van der Waals surface area contributed by atoms with Gasteiger partial charge in [0.2, 0.25) is 0 Å². The van der Waals surface area contributed by atoms with Crippen molar-refractivity contribution in [2.24, 2.45) is 0 Å². The first-order valence-corrected chi connectivity index (χ1v) is 10.1. The van der Waals surface area contributed by atoms with Crippen LogP contribution >= 0.6 is 0 Å². The molecule has 0 aromatic heterocycles. The van der Waals surface area contributed by atoms with Crippen molar-refractivity contribution in [1.82, 2.24) is 4.90 Å². The molecule has 0 bridgehead atoms. The van der Waals surface area contributed by atoms with Crippen LogP contribution in [0.2, 0.25) is 0 Å². The lowest BCUT2D eigenvalue weighted by Gasteiger charge is -2.37. The summed E-state index contributed by atoms with van der Waals surface area (Å²) in [7, 11) is 0. The first-order valence-electron chi connectivity index (χ1n) is 10.1. The number of ether oxygens (including phenoxy) is 1. The number of benzene rings is 2. The fourth-order valence-corrected chi connectivity index (χ4v) is 4.05. The molecule has 4 rings (SSSR count). The van der Waals surface area contributed by atoms with Gasteiger partial charge in [-0.3, -0.25) is 4.79 Å². The number of alkyl halides is 3. The largest absolute Gasteiger partial charge is 0.493 e. The number of amides is 3. The van der Waals surface area contributed by atoms with Crippen LogP contribution in [0.3, 0.4) is 0 Å². The number of anilines is 2. The zero-order valence-corrected chi connectivity index (χ0v) is 16.7. The number of rotatable bonds is 2. The number of para-hydroxylation sites is 1. The highest BCUT2D eigenvalue weighted by Gasteiger charge is 2.34. The van der Waals surface area contributed by atoms with Gasteiger partial charge < -0.3 is 20.3 Å². The van der Waals surface area contributed by atoms with Crippen LogP contribution in [0.4, 0.5) is 29.3 Å². The van der Waals surface area contributed by atoms with Crippen molar-refractivity contribution in [3.8, 4) is 5.75 Å². The summed E-state index contributed by atoms with van der Waals surface area (Å²) >= 11 is 0. The molecule has 0 spiro atoms. The molecular weight excluding hydrogens is 411 g/mol. The number of nitrogens with zero attached hydrogens (tertiary/aromatic N) is 1. The molecule has 6 nitrogen and oxygen atoms in total. The van der Waals surface area contributed by atoms with Crippen LogP contribution in [0, 0.1) is 0 Å². The predicted molar refractivity (Wildman–Crippen MR) is 109 cm³/mol. The van der Waals surface area contributed by atoms with E-state index < -0.39 is 17.8 Å². The Morgan fingerprint density at radius 3 is 2.68 bits per heavy atom. The minimum Gasteiger partial charge on any atom is -0.493 e. The van der Waals surface area contributed by atoms with Crippen molar-refractivity contribution in [3.05, 3.63) is 53.6 Å². The van der Waals surface area contributed by atoms with Crippen LogP contribution in [-0.4, -0.2) is 36.0 Å². The maximum absolute atomic E-state index is 13.1. The van der Waals surface area contributed by atoms with E-state index in [-0.39, 0.29) is 23.3 Å². The van der Waals surface area contributed by atoms with Gasteiger partial charge in [-0.05, 0) is 49.6 Å². The predicted octanol–water partition coefficient (Wildman–Crippen LogP) is 5.13. The highest BCUT2D eigenvalue weighted by molar-refractivity contribution is 6.03. The minimum atomic E-state index is -4.60. The van der Waals surface area contributed by atoms with E-state index in [2.05, 4.69) is 10.6 Å². The molecule has 0 radical (unpaired) electrons. The lowest BCUT2D eigenvalue weighted by atomic mass is 9.97. The number of halogens is 3. The first-order chi connectivity index (χ1) is 14.8. The van der Waals surface area contributed by atoms with E-state index in [1.54, 1.807) is 12.1 Å². The number of fused-ring (bicyclic) bond motifs is 2. The van der Waals surface area contributed by atoms with Gasteiger partial charge in [0.15, 0.2) is 0 Å². The second kappa shape index (κ2) is 8.49. The van der Waals surface area contributed by atoms with Gasteiger partial charge in [0.25, 0.3) is 5.91 Å². The molecule has 2 N–H and O–H groups in total. The van der Waals surface area contributed by atoms with E-state index >= 15 is 0 Å². The van der Waals surface area contributed by atoms with E-state index in [0.29, 0.717) is 24.5 Å². The summed E-state index contributed by atoms with van der Waals surface area (Å²) in [5.74, 6) is 0.272. The third-order valence-electron chi connectivity index (χ3n) is 5.55. The average molecular weight is 433 g/mol. The molecule has 2 aromatic rings. The van der Waals surface area contributed by atoms with Gasteiger partial charge in [0.1, 0.15) is 5.75 Å². The van der Waals surface area contributed by atoms with Crippen molar-refractivity contribution in [2.45, 2.75) is 37.9 Å². The zero-order valence-electron chi connectivity index (χ0n) is 16.7. The maximum atomic E-state index is 13.1. The van der Waals surface area contributed by atoms with Gasteiger partial charge in [0, 0.05) is 24.7 Å². The summed E-state index contributed by atoms with van der Waals surface area (Å²) in [5, 5.41) is 4.73. The van der Waals surface area contributed by atoms with Crippen LogP contribution in [0.1, 0.15) is 41.6 Å². The Morgan fingerprint density at radius 2 is 1.87 bits per heavy atom. The Labute approximate surface area is 177 Å². The van der Waals surface area contributed by atoms with Crippen molar-refractivity contribution in [2.75, 3.05) is 23.8 Å². The van der Waals surface area contributed by atoms with Gasteiger partial charge in [-0.2, -0.15) is 13.2 Å². The molecule has 1 atom stereocenters. The molecule has 3 amide bonds. The molecule has 1 unspecified atom stereocenters. The summed E-state index contributed by atoms with van der Waals surface area (Å²) in [5.41, 5.74) is -0.677. The summed E-state index contributed by atoms with van der Waals surface area (Å²) in [6.07, 6.45) is -0.878. The smallest absolute Gasteiger partial charge is 0.418 e. The van der Waals surface area contributed by atoms with Gasteiger partial charge in [-0.1, -0.05) is 12.1 Å². The molecule has 0 saturated carbocycles. The molecule has 31 heavy (non-hydrogen) atoms. The van der Waals surface area contributed by atoms with E-state index in [4.69, 9.17) is 4.74 Å². The second-order valence-corrected chi connectivity index (χ2v) is 7.62. The van der Waals surface area contributed by atoms with Crippen LogP contribution in [0.5, 0.6) is 5.75 Å². The topological polar surface area (TPSA) is 70.7 Å². The standard InChI is InChI=1S/C22H22F3N3O3/c23-22(24,25)17-6-1-2-7-18(17)27-21(30)26-14-8-9-19-16(13-14)20(29)28-11-4-3-5-15(28)10-12-31-19/h1-2,6-9,13,15H,3-5,10-12H2,(H2,26,27,30). The number of piperidine rings is 1. The molecule has 2 aliphatic heterocycles. The van der Waals surface area contributed by atoms with Crippen molar-refractivity contribution < 1.29 is 27.5 Å². The average Bonchev–Trinajstić information content (AvgIpc) is 2.73. The fourth-order valence-electron chi connectivity index (χ4n) is 4.05. The maximum Gasteiger partial charge on any atom is 0.418 e. The fraction of sp³-hybridized carbons (Fsp3) is 0.364.